The number of amides is 1. The van der Waals surface area contributed by atoms with Gasteiger partial charge in [0.1, 0.15) is 11.5 Å². The number of piperidine rings is 1. The van der Waals surface area contributed by atoms with Crippen molar-refractivity contribution in [1.82, 2.24) is 25.6 Å². The molecule has 0 unspecified atom stereocenters. The summed E-state index contributed by atoms with van der Waals surface area (Å²) in [7, 11) is 3.26. The van der Waals surface area contributed by atoms with Gasteiger partial charge in [0.2, 0.25) is 0 Å². The fourth-order valence-electron chi connectivity index (χ4n) is 3.42. The van der Waals surface area contributed by atoms with E-state index in [0.29, 0.717) is 24.7 Å². The van der Waals surface area contributed by atoms with Gasteiger partial charge >= 0.3 is 0 Å². The van der Waals surface area contributed by atoms with Crippen LogP contribution in [0.15, 0.2) is 18.2 Å². The molecule has 3 rings (SSSR count). The number of carbonyl (C=O) groups is 1. The van der Waals surface area contributed by atoms with Gasteiger partial charge in [0.25, 0.3) is 5.91 Å². The summed E-state index contributed by atoms with van der Waals surface area (Å²) >= 11 is 0. The van der Waals surface area contributed by atoms with Crippen LogP contribution in [0.25, 0.3) is 0 Å². The molecule has 1 aromatic heterocycles. The lowest BCUT2D eigenvalue weighted by molar-refractivity contribution is 0.0948. The molecule has 8 heteroatoms. The van der Waals surface area contributed by atoms with Crippen molar-refractivity contribution in [1.29, 1.82) is 0 Å². The third-order valence-electron chi connectivity index (χ3n) is 4.96. The Hall–Kier alpha value is -2.61. The van der Waals surface area contributed by atoms with Crippen molar-refractivity contribution >= 4 is 5.91 Å². The van der Waals surface area contributed by atoms with Gasteiger partial charge in [-0.1, -0.05) is 5.21 Å². The maximum absolute atomic E-state index is 12.5. The van der Waals surface area contributed by atoms with Crippen LogP contribution >= 0.6 is 0 Å². The molecule has 27 heavy (non-hydrogen) atoms. The van der Waals surface area contributed by atoms with E-state index in [9.17, 15) is 4.79 Å². The lowest BCUT2D eigenvalue weighted by Gasteiger charge is -2.23. The molecule has 1 fully saturated rings. The predicted octanol–water partition coefficient (Wildman–Crippen LogP) is 1.50. The molecule has 8 nitrogen and oxygen atoms in total. The van der Waals surface area contributed by atoms with E-state index in [4.69, 9.17) is 9.47 Å². The van der Waals surface area contributed by atoms with Gasteiger partial charge in [0.05, 0.1) is 26.0 Å². The van der Waals surface area contributed by atoms with Gasteiger partial charge in [-0.3, -0.25) is 4.79 Å². The summed E-state index contributed by atoms with van der Waals surface area (Å²) in [5, 5.41) is 14.6. The van der Waals surface area contributed by atoms with E-state index in [0.717, 1.165) is 48.7 Å². The number of hydrogen-bond acceptors (Lipinski definition) is 6. The molecule has 2 heterocycles. The molecular weight excluding hydrogens is 346 g/mol. The molecule has 1 aromatic carbocycles. The summed E-state index contributed by atoms with van der Waals surface area (Å²) in [4.78, 5) is 12.5. The smallest absolute Gasteiger partial charge is 0.273 e. The maximum Gasteiger partial charge on any atom is 0.273 e. The van der Waals surface area contributed by atoms with Crippen LogP contribution in [0, 0.1) is 6.92 Å². The molecule has 1 aliphatic rings. The summed E-state index contributed by atoms with van der Waals surface area (Å²) in [6.45, 7) is 4.31. The predicted molar refractivity (Wildman–Crippen MR) is 101 cm³/mol. The van der Waals surface area contributed by atoms with Gasteiger partial charge in [-0.2, -0.15) is 0 Å². The highest BCUT2D eigenvalue weighted by atomic mass is 16.5. The summed E-state index contributed by atoms with van der Waals surface area (Å²) < 4.78 is 12.5. The van der Waals surface area contributed by atoms with Crippen molar-refractivity contribution in [3.05, 3.63) is 35.2 Å². The zero-order valence-corrected chi connectivity index (χ0v) is 16.1. The number of rotatable bonds is 7. The Labute approximate surface area is 159 Å². The van der Waals surface area contributed by atoms with E-state index in [1.54, 1.807) is 14.2 Å². The minimum Gasteiger partial charge on any atom is -0.497 e. The van der Waals surface area contributed by atoms with E-state index in [1.165, 1.54) is 0 Å². The van der Waals surface area contributed by atoms with Crippen molar-refractivity contribution in [3.63, 3.8) is 0 Å². The van der Waals surface area contributed by atoms with Crippen LogP contribution in [0.5, 0.6) is 11.5 Å². The number of benzene rings is 1. The molecule has 0 radical (unpaired) electrons. The Morgan fingerprint density at radius 3 is 2.78 bits per heavy atom. The first kappa shape index (κ1) is 19.2. The highest BCUT2D eigenvalue weighted by molar-refractivity contribution is 5.93. The molecule has 0 saturated carbocycles. The summed E-state index contributed by atoms with van der Waals surface area (Å²) in [6, 6.07) is 5.94. The van der Waals surface area contributed by atoms with Crippen molar-refractivity contribution in [3.8, 4) is 11.5 Å². The second kappa shape index (κ2) is 8.85. The van der Waals surface area contributed by atoms with E-state index < -0.39 is 0 Å². The number of methoxy groups -OCH3 is 2. The Kier molecular flexibility index (Phi) is 6.28. The average Bonchev–Trinajstić information content (AvgIpc) is 3.10. The molecule has 0 aliphatic carbocycles. The van der Waals surface area contributed by atoms with Gasteiger partial charge < -0.3 is 20.1 Å². The number of nitrogens with zero attached hydrogens (tertiary/aromatic N) is 3. The fraction of sp³-hybridized carbons (Fsp3) is 0.526. The average molecular weight is 373 g/mol. The largest absolute Gasteiger partial charge is 0.497 e. The van der Waals surface area contributed by atoms with Crippen LogP contribution in [-0.4, -0.2) is 54.8 Å². The van der Waals surface area contributed by atoms with E-state index in [1.807, 2.05) is 29.8 Å². The molecule has 146 valence electrons. The molecule has 2 aromatic rings. The zero-order valence-electron chi connectivity index (χ0n) is 16.1. The first-order valence-electron chi connectivity index (χ1n) is 9.25. The fourth-order valence-corrected chi connectivity index (χ4v) is 3.42. The van der Waals surface area contributed by atoms with Crippen LogP contribution in [0.4, 0.5) is 0 Å². The van der Waals surface area contributed by atoms with E-state index in [2.05, 4.69) is 20.9 Å². The van der Waals surface area contributed by atoms with Crippen LogP contribution in [0.2, 0.25) is 0 Å². The normalized spacial score (nSPS) is 14.8. The quantitative estimate of drug-likeness (QED) is 0.764. The van der Waals surface area contributed by atoms with Crippen molar-refractivity contribution in [2.45, 2.75) is 32.2 Å². The molecule has 1 aliphatic heterocycles. The van der Waals surface area contributed by atoms with Crippen LogP contribution in [0.3, 0.4) is 0 Å². The standard InChI is InChI=1S/C19H27N5O3/c1-13-18(22-23-24(13)15-7-9-20-10-8-15)19(25)21-11-6-14-12-16(26-2)4-5-17(14)27-3/h4-5,12,15,20H,6-11H2,1-3H3,(H,21,25). The highest BCUT2D eigenvalue weighted by Gasteiger charge is 2.22. The second-order valence-electron chi connectivity index (χ2n) is 6.63. The summed E-state index contributed by atoms with van der Waals surface area (Å²) in [5.41, 5.74) is 2.19. The van der Waals surface area contributed by atoms with Crippen LogP contribution in [0.1, 0.15) is 40.6 Å². The second-order valence-corrected chi connectivity index (χ2v) is 6.63. The number of nitrogens with one attached hydrogen (secondary N) is 2. The van der Waals surface area contributed by atoms with Crippen molar-refractivity contribution in [2.24, 2.45) is 0 Å². The number of carbonyl (C=O) groups excluding carboxylic acids is 1. The molecule has 1 saturated heterocycles. The number of aromatic nitrogens is 3. The van der Waals surface area contributed by atoms with Gasteiger partial charge in [0.15, 0.2) is 5.69 Å². The number of hydrogen-bond donors (Lipinski definition) is 2. The van der Waals surface area contributed by atoms with Crippen LogP contribution < -0.4 is 20.1 Å². The topological polar surface area (TPSA) is 90.3 Å². The van der Waals surface area contributed by atoms with Gasteiger partial charge in [-0.05, 0) is 63.0 Å². The first-order chi connectivity index (χ1) is 13.1. The molecule has 1 amide bonds. The maximum atomic E-state index is 12.5. The third-order valence-corrected chi connectivity index (χ3v) is 4.96. The minimum atomic E-state index is -0.199. The molecule has 2 N–H and O–H groups in total. The van der Waals surface area contributed by atoms with E-state index >= 15 is 0 Å². The molecule has 0 bridgehead atoms. The van der Waals surface area contributed by atoms with E-state index in [-0.39, 0.29) is 5.91 Å². The lowest BCUT2D eigenvalue weighted by atomic mass is 10.1. The molecule has 0 atom stereocenters. The third kappa shape index (κ3) is 4.39. The molecular formula is C19H27N5O3. The Balaban J connectivity index is 1.61. The van der Waals surface area contributed by atoms with Gasteiger partial charge in [0, 0.05) is 6.54 Å². The first-order valence-corrected chi connectivity index (χ1v) is 9.25. The summed E-state index contributed by atoms with van der Waals surface area (Å²) in [5.74, 6) is 1.34. The monoisotopic (exact) mass is 373 g/mol. The Morgan fingerprint density at radius 2 is 2.07 bits per heavy atom. The zero-order chi connectivity index (χ0) is 19.2. The van der Waals surface area contributed by atoms with Gasteiger partial charge in [-0.25, -0.2) is 4.68 Å². The van der Waals surface area contributed by atoms with Crippen LogP contribution in [-0.2, 0) is 6.42 Å². The Morgan fingerprint density at radius 1 is 1.30 bits per heavy atom. The lowest BCUT2D eigenvalue weighted by Crippen LogP contribution is -2.30. The minimum absolute atomic E-state index is 0.199. The van der Waals surface area contributed by atoms with Crippen molar-refractivity contribution in [2.75, 3.05) is 33.9 Å². The highest BCUT2D eigenvalue weighted by Crippen LogP contribution is 2.24. The SMILES string of the molecule is COc1ccc(OC)c(CCNC(=O)c2nnn(C3CCNCC3)c2C)c1. The molecule has 0 spiro atoms. The number of ether oxygens (including phenoxy) is 2. The Bertz CT molecular complexity index is 784. The van der Waals surface area contributed by atoms with Gasteiger partial charge in [-0.15, -0.1) is 5.10 Å². The van der Waals surface area contributed by atoms with Crippen molar-refractivity contribution < 1.29 is 14.3 Å². The summed E-state index contributed by atoms with van der Waals surface area (Å²) in [6.07, 6.45) is 2.63.